The van der Waals surface area contributed by atoms with E-state index < -0.39 is 0 Å². The van der Waals surface area contributed by atoms with Crippen LogP contribution in [0.2, 0.25) is 0 Å². The van der Waals surface area contributed by atoms with Crippen molar-refractivity contribution in [2.75, 3.05) is 39.5 Å². The van der Waals surface area contributed by atoms with Crippen LogP contribution < -0.4 is 15.4 Å². The summed E-state index contributed by atoms with van der Waals surface area (Å²) in [6.45, 7) is 8.61. The first-order valence-corrected chi connectivity index (χ1v) is 10.8. The van der Waals surface area contributed by atoms with Gasteiger partial charge in [-0.1, -0.05) is 13.3 Å². The number of guanidine groups is 1. The summed E-state index contributed by atoms with van der Waals surface area (Å²) in [6, 6.07) is 9.52. The van der Waals surface area contributed by atoms with Crippen LogP contribution >= 0.6 is 0 Å². The largest absolute Gasteiger partial charge is 0.439 e. The van der Waals surface area contributed by atoms with Crippen molar-refractivity contribution in [1.82, 2.24) is 15.6 Å². The van der Waals surface area contributed by atoms with Crippen LogP contribution in [-0.4, -0.2) is 50.5 Å². The van der Waals surface area contributed by atoms with E-state index in [1.807, 2.05) is 19.1 Å². The van der Waals surface area contributed by atoms with E-state index in [2.05, 4.69) is 27.5 Å². The van der Waals surface area contributed by atoms with Crippen molar-refractivity contribution in [2.45, 2.75) is 33.2 Å². The topological polar surface area (TPSA) is 77.0 Å². The highest BCUT2D eigenvalue weighted by Gasteiger charge is 2.02. The monoisotopic (exact) mass is 432 g/mol. The Morgan fingerprint density at radius 3 is 2.52 bits per heavy atom. The molecule has 170 valence electrons. The SMILES string of the molecule is CCCCOCCOCCNC(=NCc1ccnc(Oc2ccc(F)cc2)c1)NCC. The number of benzene rings is 1. The summed E-state index contributed by atoms with van der Waals surface area (Å²) in [4.78, 5) is 8.79. The standard InChI is InChI=1S/C23H33FN4O3/c1-3-5-13-29-15-16-30-14-12-27-23(25-4-2)28-18-19-10-11-26-22(17-19)31-21-8-6-20(24)7-9-21/h6-11,17H,3-5,12-16,18H2,1-2H3,(H2,25,27,28). The molecule has 7 nitrogen and oxygen atoms in total. The molecule has 0 spiro atoms. The van der Waals surface area contributed by atoms with Gasteiger partial charge in [-0.25, -0.2) is 14.4 Å². The Balaban J connectivity index is 1.76. The third-order valence-electron chi connectivity index (χ3n) is 4.15. The maximum atomic E-state index is 13.0. The third-order valence-corrected chi connectivity index (χ3v) is 4.15. The van der Waals surface area contributed by atoms with Crippen molar-refractivity contribution < 1.29 is 18.6 Å². The number of aromatic nitrogens is 1. The molecule has 1 aromatic carbocycles. The van der Waals surface area contributed by atoms with Crippen LogP contribution in [0.1, 0.15) is 32.3 Å². The minimum Gasteiger partial charge on any atom is -0.439 e. The van der Waals surface area contributed by atoms with Gasteiger partial charge in [0.05, 0.1) is 26.4 Å². The van der Waals surface area contributed by atoms with Gasteiger partial charge in [-0.15, -0.1) is 0 Å². The van der Waals surface area contributed by atoms with Crippen LogP contribution in [0.5, 0.6) is 11.6 Å². The lowest BCUT2D eigenvalue weighted by molar-refractivity contribution is 0.0487. The van der Waals surface area contributed by atoms with Crippen LogP contribution in [0.25, 0.3) is 0 Å². The molecule has 2 aromatic rings. The van der Waals surface area contributed by atoms with E-state index in [0.717, 1.165) is 31.6 Å². The van der Waals surface area contributed by atoms with E-state index in [9.17, 15) is 4.39 Å². The summed E-state index contributed by atoms with van der Waals surface area (Å²) in [6.07, 6.45) is 3.89. The lowest BCUT2D eigenvalue weighted by Crippen LogP contribution is -2.39. The zero-order chi connectivity index (χ0) is 22.2. The second-order valence-corrected chi connectivity index (χ2v) is 6.76. The molecule has 1 aromatic heterocycles. The predicted octanol–water partition coefficient (Wildman–Crippen LogP) is 3.90. The molecule has 0 atom stereocenters. The van der Waals surface area contributed by atoms with Crippen LogP contribution in [0.15, 0.2) is 47.6 Å². The number of rotatable bonds is 14. The quantitative estimate of drug-likeness (QED) is 0.268. The Morgan fingerprint density at radius 1 is 1.00 bits per heavy atom. The summed E-state index contributed by atoms with van der Waals surface area (Å²) in [5.74, 6) is 1.37. The molecule has 0 amide bonds. The van der Waals surface area contributed by atoms with Gasteiger partial charge in [0.2, 0.25) is 5.88 Å². The lowest BCUT2D eigenvalue weighted by Gasteiger charge is -2.12. The number of halogens is 1. The molecule has 2 rings (SSSR count). The van der Waals surface area contributed by atoms with Crippen molar-refractivity contribution in [3.63, 3.8) is 0 Å². The maximum absolute atomic E-state index is 13.0. The molecule has 2 N–H and O–H groups in total. The van der Waals surface area contributed by atoms with Gasteiger partial charge in [-0.3, -0.25) is 0 Å². The molecule has 0 aliphatic rings. The summed E-state index contributed by atoms with van der Waals surface area (Å²) in [5, 5.41) is 6.47. The van der Waals surface area contributed by atoms with E-state index in [0.29, 0.717) is 50.5 Å². The van der Waals surface area contributed by atoms with Crippen molar-refractivity contribution >= 4 is 5.96 Å². The van der Waals surface area contributed by atoms with E-state index in [1.165, 1.54) is 12.1 Å². The van der Waals surface area contributed by atoms with Crippen molar-refractivity contribution in [2.24, 2.45) is 4.99 Å². The van der Waals surface area contributed by atoms with E-state index in [4.69, 9.17) is 14.2 Å². The zero-order valence-electron chi connectivity index (χ0n) is 18.4. The average Bonchev–Trinajstić information content (AvgIpc) is 2.78. The van der Waals surface area contributed by atoms with E-state index in [1.54, 1.807) is 18.3 Å². The Morgan fingerprint density at radius 2 is 1.77 bits per heavy atom. The number of aliphatic imine (C=N–C) groups is 1. The Hall–Kier alpha value is -2.71. The van der Waals surface area contributed by atoms with Gasteiger partial charge in [0.1, 0.15) is 11.6 Å². The van der Waals surface area contributed by atoms with Gasteiger partial charge in [-0.2, -0.15) is 0 Å². The van der Waals surface area contributed by atoms with Gasteiger partial charge < -0.3 is 24.8 Å². The van der Waals surface area contributed by atoms with E-state index >= 15 is 0 Å². The fourth-order valence-electron chi connectivity index (χ4n) is 2.55. The van der Waals surface area contributed by atoms with Gasteiger partial charge in [-0.05, 0) is 49.2 Å². The average molecular weight is 433 g/mol. The molecular weight excluding hydrogens is 399 g/mol. The smallest absolute Gasteiger partial charge is 0.219 e. The highest BCUT2D eigenvalue weighted by atomic mass is 19.1. The van der Waals surface area contributed by atoms with Crippen LogP contribution in [-0.2, 0) is 16.0 Å². The lowest BCUT2D eigenvalue weighted by atomic mass is 10.2. The van der Waals surface area contributed by atoms with Gasteiger partial charge in [0, 0.05) is 32.0 Å². The molecule has 0 radical (unpaired) electrons. The molecule has 0 aliphatic carbocycles. The molecule has 0 unspecified atom stereocenters. The van der Waals surface area contributed by atoms with Gasteiger partial charge >= 0.3 is 0 Å². The molecule has 31 heavy (non-hydrogen) atoms. The highest BCUT2D eigenvalue weighted by Crippen LogP contribution is 2.20. The third kappa shape index (κ3) is 10.8. The molecule has 0 aliphatic heterocycles. The number of unbranched alkanes of at least 4 members (excludes halogenated alkanes) is 1. The number of nitrogens with one attached hydrogen (secondary N) is 2. The molecule has 0 saturated heterocycles. The van der Waals surface area contributed by atoms with Crippen molar-refractivity contribution in [3.8, 4) is 11.6 Å². The zero-order valence-corrected chi connectivity index (χ0v) is 18.4. The fourth-order valence-corrected chi connectivity index (χ4v) is 2.55. The van der Waals surface area contributed by atoms with E-state index in [-0.39, 0.29) is 5.82 Å². The van der Waals surface area contributed by atoms with Gasteiger partial charge in [0.25, 0.3) is 0 Å². The number of pyridine rings is 1. The fraction of sp³-hybridized carbons (Fsp3) is 0.478. The minimum absolute atomic E-state index is 0.308. The first-order chi connectivity index (χ1) is 15.2. The highest BCUT2D eigenvalue weighted by molar-refractivity contribution is 5.79. The predicted molar refractivity (Wildman–Crippen MR) is 120 cm³/mol. The van der Waals surface area contributed by atoms with Crippen LogP contribution in [0, 0.1) is 5.82 Å². The summed E-state index contributed by atoms with van der Waals surface area (Å²) in [5.41, 5.74) is 0.949. The summed E-state index contributed by atoms with van der Waals surface area (Å²) < 4.78 is 29.7. The summed E-state index contributed by atoms with van der Waals surface area (Å²) in [7, 11) is 0. The normalized spacial score (nSPS) is 11.4. The molecule has 0 fully saturated rings. The van der Waals surface area contributed by atoms with Gasteiger partial charge in [0.15, 0.2) is 5.96 Å². The Kier molecular flexibility index (Phi) is 12.0. The molecule has 0 saturated carbocycles. The molecule has 0 bridgehead atoms. The van der Waals surface area contributed by atoms with Crippen LogP contribution in [0.4, 0.5) is 4.39 Å². The molecular formula is C23H33FN4O3. The summed E-state index contributed by atoms with van der Waals surface area (Å²) >= 11 is 0. The first kappa shape index (κ1) is 24.6. The minimum atomic E-state index is -0.308. The molecule has 1 heterocycles. The second-order valence-electron chi connectivity index (χ2n) is 6.76. The Labute approximate surface area is 184 Å². The molecule has 8 heteroatoms. The maximum Gasteiger partial charge on any atom is 0.219 e. The number of hydrogen-bond donors (Lipinski definition) is 2. The number of nitrogens with zero attached hydrogens (tertiary/aromatic N) is 2. The van der Waals surface area contributed by atoms with Crippen LogP contribution in [0.3, 0.4) is 0 Å². The van der Waals surface area contributed by atoms with Crippen molar-refractivity contribution in [3.05, 3.63) is 54.0 Å². The second kappa shape index (κ2) is 15.1. The first-order valence-electron chi connectivity index (χ1n) is 10.8. The number of ether oxygens (including phenoxy) is 3. The Bertz CT molecular complexity index is 772. The number of hydrogen-bond acceptors (Lipinski definition) is 5. The van der Waals surface area contributed by atoms with Crippen molar-refractivity contribution in [1.29, 1.82) is 0 Å².